The molecule has 1 fully saturated rings. The van der Waals surface area contributed by atoms with Gasteiger partial charge in [0.2, 0.25) is 5.91 Å². The van der Waals surface area contributed by atoms with Gasteiger partial charge < -0.3 is 15.7 Å². The molecule has 17 heavy (non-hydrogen) atoms. The summed E-state index contributed by atoms with van der Waals surface area (Å²) in [4.78, 5) is 22.3. The first-order valence-electron chi connectivity index (χ1n) is 6.16. The second-order valence-corrected chi connectivity index (χ2v) is 5.27. The SMILES string of the molecule is CC1(C)CCCNC1C(=O)NCCCC(=O)O. The first-order chi connectivity index (χ1) is 7.93. The predicted octanol–water partition coefficient (Wildman–Crippen LogP) is 0.746. The highest BCUT2D eigenvalue weighted by molar-refractivity contribution is 5.82. The number of carboxylic acids is 1. The van der Waals surface area contributed by atoms with E-state index in [2.05, 4.69) is 24.5 Å². The van der Waals surface area contributed by atoms with Gasteiger partial charge in [0.25, 0.3) is 0 Å². The number of carboxylic acid groups (broad SMARTS) is 1. The molecule has 0 radical (unpaired) electrons. The van der Waals surface area contributed by atoms with Crippen molar-refractivity contribution in [3.63, 3.8) is 0 Å². The van der Waals surface area contributed by atoms with Gasteiger partial charge in [-0.3, -0.25) is 9.59 Å². The van der Waals surface area contributed by atoms with E-state index in [-0.39, 0.29) is 23.8 Å². The maximum atomic E-state index is 11.9. The fourth-order valence-electron chi connectivity index (χ4n) is 2.21. The molecular formula is C12H22N2O3. The van der Waals surface area contributed by atoms with Crippen molar-refractivity contribution >= 4 is 11.9 Å². The number of piperidine rings is 1. The lowest BCUT2D eigenvalue weighted by molar-refractivity contribution is -0.137. The van der Waals surface area contributed by atoms with Crippen LogP contribution in [0.15, 0.2) is 0 Å². The van der Waals surface area contributed by atoms with Crippen LogP contribution in [0.4, 0.5) is 0 Å². The lowest BCUT2D eigenvalue weighted by Crippen LogP contribution is -2.55. The Labute approximate surface area is 102 Å². The van der Waals surface area contributed by atoms with Crippen LogP contribution in [0.2, 0.25) is 0 Å². The van der Waals surface area contributed by atoms with Crippen molar-refractivity contribution in [2.75, 3.05) is 13.1 Å². The third-order valence-electron chi connectivity index (χ3n) is 3.26. The van der Waals surface area contributed by atoms with E-state index in [1.807, 2.05) is 0 Å². The molecule has 1 aliphatic rings. The van der Waals surface area contributed by atoms with E-state index in [1.165, 1.54) is 0 Å². The molecule has 1 unspecified atom stereocenters. The summed E-state index contributed by atoms with van der Waals surface area (Å²) < 4.78 is 0. The fraction of sp³-hybridized carbons (Fsp3) is 0.833. The molecule has 0 aromatic heterocycles. The summed E-state index contributed by atoms with van der Waals surface area (Å²) in [6.45, 7) is 5.47. The van der Waals surface area contributed by atoms with Crippen LogP contribution >= 0.6 is 0 Å². The van der Waals surface area contributed by atoms with Crippen molar-refractivity contribution in [1.82, 2.24) is 10.6 Å². The summed E-state index contributed by atoms with van der Waals surface area (Å²) in [5.41, 5.74) is -0.0326. The Hall–Kier alpha value is -1.10. The van der Waals surface area contributed by atoms with Gasteiger partial charge in [-0.1, -0.05) is 13.8 Å². The van der Waals surface area contributed by atoms with Crippen LogP contribution in [-0.4, -0.2) is 36.1 Å². The zero-order valence-electron chi connectivity index (χ0n) is 10.6. The van der Waals surface area contributed by atoms with Gasteiger partial charge in [0.05, 0.1) is 6.04 Å². The number of carbonyl (C=O) groups is 2. The van der Waals surface area contributed by atoms with Gasteiger partial charge in [0.1, 0.15) is 0 Å². The van der Waals surface area contributed by atoms with Crippen LogP contribution in [0.25, 0.3) is 0 Å². The average Bonchev–Trinajstić information content (AvgIpc) is 2.23. The van der Waals surface area contributed by atoms with Crippen LogP contribution in [0.3, 0.4) is 0 Å². The molecule has 0 spiro atoms. The van der Waals surface area contributed by atoms with E-state index < -0.39 is 5.97 Å². The molecule has 0 bridgehead atoms. The zero-order valence-corrected chi connectivity index (χ0v) is 10.6. The highest BCUT2D eigenvalue weighted by Crippen LogP contribution is 2.29. The quantitative estimate of drug-likeness (QED) is 0.621. The molecule has 5 heteroatoms. The molecule has 1 rings (SSSR count). The topological polar surface area (TPSA) is 78.4 Å². The van der Waals surface area contributed by atoms with Crippen molar-refractivity contribution in [3.8, 4) is 0 Å². The first-order valence-corrected chi connectivity index (χ1v) is 6.16. The average molecular weight is 242 g/mol. The van der Waals surface area contributed by atoms with E-state index in [0.29, 0.717) is 13.0 Å². The molecule has 3 N–H and O–H groups in total. The summed E-state index contributed by atoms with van der Waals surface area (Å²) in [6, 6.07) is -0.166. The van der Waals surface area contributed by atoms with E-state index in [4.69, 9.17) is 5.11 Å². The Morgan fingerprint density at radius 3 is 2.76 bits per heavy atom. The van der Waals surface area contributed by atoms with Gasteiger partial charge in [0.15, 0.2) is 0 Å². The lowest BCUT2D eigenvalue weighted by atomic mass is 9.77. The van der Waals surface area contributed by atoms with Crippen molar-refractivity contribution < 1.29 is 14.7 Å². The first kappa shape index (κ1) is 14.0. The standard InChI is InChI=1S/C12H22N2O3/c1-12(2)6-4-8-13-10(12)11(17)14-7-3-5-9(15)16/h10,13H,3-8H2,1-2H3,(H,14,17)(H,15,16). The highest BCUT2D eigenvalue weighted by Gasteiger charge is 2.36. The van der Waals surface area contributed by atoms with Gasteiger partial charge in [-0.25, -0.2) is 0 Å². The molecule has 1 atom stereocenters. The van der Waals surface area contributed by atoms with E-state index >= 15 is 0 Å². The smallest absolute Gasteiger partial charge is 0.303 e. The number of hydrogen-bond donors (Lipinski definition) is 3. The Kier molecular flexibility index (Phi) is 4.93. The highest BCUT2D eigenvalue weighted by atomic mass is 16.4. The van der Waals surface area contributed by atoms with Crippen LogP contribution < -0.4 is 10.6 Å². The van der Waals surface area contributed by atoms with Crippen molar-refractivity contribution in [1.29, 1.82) is 0 Å². The molecule has 0 aliphatic carbocycles. The molecule has 0 saturated carbocycles. The molecule has 1 heterocycles. The van der Waals surface area contributed by atoms with Gasteiger partial charge in [-0.15, -0.1) is 0 Å². The van der Waals surface area contributed by atoms with Crippen LogP contribution in [0, 0.1) is 5.41 Å². The van der Waals surface area contributed by atoms with Gasteiger partial charge >= 0.3 is 5.97 Å². The zero-order chi connectivity index (χ0) is 12.9. The van der Waals surface area contributed by atoms with Crippen molar-refractivity contribution in [2.45, 2.75) is 45.6 Å². The summed E-state index contributed by atoms with van der Waals surface area (Å²) in [7, 11) is 0. The minimum atomic E-state index is -0.824. The molecule has 1 amide bonds. The Morgan fingerprint density at radius 2 is 2.18 bits per heavy atom. The summed E-state index contributed by atoms with van der Waals surface area (Å²) in [6.07, 6.45) is 2.71. The summed E-state index contributed by atoms with van der Waals surface area (Å²) >= 11 is 0. The molecule has 1 aliphatic heterocycles. The number of hydrogen-bond acceptors (Lipinski definition) is 3. The number of amides is 1. The summed E-state index contributed by atoms with van der Waals surface area (Å²) in [5, 5.41) is 14.5. The monoisotopic (exact) mass is 242 g/mol. The number of nitrogens with one attached hydrogen (secondary N) is 2. The molecule has 0 aromatic carbocycles. The lowest BCUT2D eigenvalue weighted by Gasteiger charge is -2.38. The van der Waals surface area contributed by atoms with E-state index in [1.54, 1.807) is 0 Å². The Balaban J connectivity index is 2.33. The predicted molar refractivity (Wildman–Crippen MR) is 64.7 cm³/mol. The van der Waals surface area contributed by atoms with Crippen LogP contribution in [0.5, 0.6) is 0 Å². The van der Waals surface area contributed by atoms with E-state index in [9.17, 15) is 9.59 Å². The van der Waals surface area contributed by atoms with Gasteiger partial charge in [0, 0.05) is 13.0 Å². The normalized spacial score (nSPS) is 23.1. The molecule has 98 valence electrons. The molecule has 5 nitrogen and oxygen atoms in total. The third kappa shape index (κ3) is 4.34. The van der Waals surface area contributed by atoms with E-state index in [0.717, 1.165) is 19.4 Å². The van der Waals surface area contributed by atoms with Crippen LogP contribution in [-0.2, 0) is 9.59 Å². The minimum absolute atomic E-state index is 0.0138. The fourth-order valence-corrected chi connectivity index (χ4v) is 2.21. The number of carbonyl (C=O) groups excluding carboxylic acids is 1. The number of aliphatic carboxylic acids is 1. The van der Waals surface area contributed by atoms with Crippen molar-refractivity contribution in [2.24, 2.45) is 5.41 Å². The second kappa shape index (κ2) is 6.00. The third-order valence-corrected chi connectivity index (χ3v) is 3.26. The van der Waals surface area contributed by atoms with Crippen LogP contribution in [0.1, 0.15) is 39.5 Å². The van der Waals surface area contributed by atoms with Crippen molar-refractivity contribution in [3.05, 3.63) is 0 Å². The minimum Gasteiger partial charge on any atom is -0.481 e. The molecule has 1 saturated heterocycles. The Bertz CT molecular complexity index is 289. The molecule has 0 aromatic rings. The van der Waals surface area contributed by atoms with Gasteiger partial charge in [-0.2, -0.15) is 0 Å². The van der Waals surface area contributed by atoms with Gasteiger partial charge in [-0.05, 0) is 31.2 Å². The maximum absolute atomic E-state index is 11.9. The number of rotatable bonds is 5. The largest absolute Gasteiger partial charge is 0.481 e. The maximum Gasteiger partial charge on any atom is 0.303 e. The summed E-state index contributed by atoms with van der Waals surface area (Å²) in [5.74, 6) is -0.838. The molecular weight excluding hydrogens is 220 g/mol. The second-order valence-electron chi connectivity index (χ2n) is 5.27. The Morgan fingerprint density at radius 1 is 1.47 bits per heavy atom.